The van der Waals surface area contributed by atoms with Gasteiger partial charge in [0.2, 0.25) is 5.91 Å². The van der Waals surface area contributed by atoms with Gasteiger partial charge in [-0.15, -0.1) is 0 Å². The first-order chi connectivity index (χ1) is 13.7. The van der Waals surface area contributed by atoms with Crippen LogP contribution in [0.1, 0.15) is 28.3 Å². The molecule has 2 N–H and O–H groups in total. The second-order valence-electron chi connectivity index (χ2n) is 7.29. The van der Waals surface area contributed by atoms with Crippen LogP contribution in [0.2, 0.25) is 0 Å². The van der Waals surface area contributed by atoms with Crippen molar-refractivity contribution >= 4 is 5.91 Å². The molecule has 148 valence electrons. The molecule has 2 unspecified atom stereocenters. The van der Waals surface area contributed by atoms with Gasteiger partial charge < -0.3 is 24.8 Å². The molecule has 0 aliphatic carbocycles. The summed E-state index contributed by atoms with van der Waals surface area (Å²) in [7, 11) is 3.20. The van der Waals surface area contributed by atoms with Gasteiger partial charge in [0.05, 0.1) is 32.9 Å². The molecule has 1 amide bonds. The number of hydrogen-bond acceptors (Lipinski definition) is 5. The zero-order valence-corrected chi connectivity index (χ0v) is 16.3. The van der Waals surface area contributed by atoms with Gasteiger partial charge in [0, 0.05) is 13.1 Å². The maximum absolute atomic E-state index is 13.3. The predicted octanol–water partition coefficient (Wildman–Crippen LogP) is 1.84. The van der Waals surface area contributed by atoms with Gasteiger partial charge in [0.25, 0.3) is 0 Å². The highest BCUT2D eigenvalue weighted by Gasteiger charge is 2.36. The number of nitrogens with one attached hydrogen (secondary N) is 1. The normalized spacial score (nSPS) is 20.9. The van der Waals surface area contributed by atoms with Crippen molar-refractivity contribution < 1.29 is 19.4 Å². The fraction of sp³-hybridized carbons (Fsp3) is 0.409. The van der Waals surface area contributed by atoms with E-state index in [1.807, 2.05) is 24.3 Å². The molecule has 0 fully saturated rings. The van der Waals surface area contributed by atoms with Gasteiger partial charge >= 0.3 is 0 Å². The molecule has 2 atom stereocenters. The Morgan fingerprint density at radius 3 is 2.57 bits per heavy atom. The Balaban J connectivity index is 1.60. The monoisotopic (exact) mass is 382 g/mol. The highest BCUT2D eigenvalue weighted by atomic mass is 16.5. The fourth-order valence-electron chi connectivity index (χ4n) is 4.32. The molecule has 0 saturated carbocycles. The summed E-state index contributed by atoms with van der Waals surface area (Å²) in [5, 5.41) is 13.5. The maximum atomic E-state index is 13.3. The average molecular weight is 382 g/mol. The number of benzene rings is 2. The standard InChI is InChI=1S/C22H26N2O4/c1-27-20-10-15-7-8-24(19(13-25)17(15)11-21(20)28-2)22(26)18-9-14-5-3-4-6-16(14)12-23-18/h3-6,10-11,18-19,23,25H,7-9,12-13H2,1-2H3. The van der Waals surface area contributed by atoms with E-state index in [1.165, 1.54) is 11.1 Å². The molecule has 2 aromatic rings. The van der Waals surface area contributed by atoms with Crippen molar-refractivity contribution in [2.75, 3.05) is 27.4 Å². The van der Waals surface area contributed by atoms with E-state index in [0.717, 1.165) is 17.5 Å². The lowest BCUT2D eigenvalue weighted by Crippen LogP contribution is -2.52. The number of methoxy groups -OCH3 is 2. The molecule has 28 heavy (non-hydrogen) atoms. The van der Waals surface area contributed by atoms with Crippen molar-refractivity contribution in [2.24, 2.45) is 0 Å². The molecule has 2 aliphatic rings. The Kier molecular flexibility index (Phi) is 5.24. The molecule has 6 nitrogen and oxygen atoms in total. The van der Waals surface area contributed by atoms with Gasteiger partial charge in [0.15, 0.2) is 11.5 Å². The van der Waals surface area contributed by atoms with Crippen LogP contribution in [-0.4, -0.2) is 49.3 Å². The minimum Gasteiger partial charge on any atom is -0.493 e. The van der Waals surface area contributed by atoms with Crippen molar-refractivity contribution in [1.29, 1.82) is 0 Å². The van der Waals surface area contributed by atoms with Crippen molar-refractivity contribution in [3.8, 4) is 11.5 Å². The van der Waals surface area contributed by atoms with E-state index in [1.54, 1.807) is 19.1 Å². The third kappa shape index (κ3) is 3.23. The summed E-state index contributed by atoms with van der Waals surface area (Å²) in [5.41, 5.74) is 4.47. The lowest BCUT2D eigenvalue weighted by atomic mass is 9.90. The fourth-order valence-corrected chi connectivity index (χ4v) is 4.32. The van der Waals surface area contributed by atoms with E-state index in [9.17, 15) is 9.90 Å². The summed E-state index contributed by atoms with van der Waals surface area (Å²) in [6.07, 6.45) is 1.39. The molecular weight excluding hydrogens is 356 g/mol. The van der Waals surface area contributed by atoms with E-state index in [2.05, 4.69) is 17.4 Å². The minimum absolute atomic E-state index is 0.0361. The van der Waals surface area contributed by atoms with Crippen LogP contribution < -0.4 is 14.8 Å². The predicted molar refractivity (Wildman–Crippen MR) is 106 cm³/mol. The summed E-state index contributed by atoms with van der Waals surface area (Å²) in [6, 6.07) is 11.4. The number of carbonyl (C=O) groups excluding carboxylic acids is 1. The van der Waals surface area contributed by atoms with Crippen LogP contribution in [-0.2, 0) is 24.2 Å². The maximum Gasteiger partial charge on any atom is 0.240 e. The summed E-state index contributed by atoms with van der Waals surface area (Å²) in [5.74, 6) is 1.32. The molecule has 0 radical (unpaired) electrons. The number of aliphatic hydroxyl groups is 1. The summed E-state index contributed by atoms with van der Waals surface area (Å²) < 4.78 is 10.8. The van der Waals surface area contributed by atoms with Crippen LogP contribution in [0.25, 0.3) is 0 Å². The zero-order chi connectivity index (χ0) is 19.7. The van der Waals surface area contributed by atoms with E-state index < -0.39 is 0 Å². The van der Waals surface area contributed by atoms with Crippen LogP contribution in [0.3, 0.4) is 0 Å². The van der Waals surface area contributed by atoms with Crippen molar-refractivity contribution in [3.05, 3.63) is 58.7 Å². The van der Waals surface area contributed by atoms with Crippen molar-refractivity contribution in [1.82, 2.24) is 10.2 Å². The quantitative estimate of drug-likeness (QED) is 0.844. The minimum atomic E-state index is -0.380. The number of amides is 1. The summed E-state index contributed by atoms with van der Waals surface area (Å²) >= 11 is 0. The molecule has 0 aromatic heterocycles. The van der Waals surface area contributed by atoms with Gasteiger partial charge in [-0.05, 0) is 47.2 Å². The first-order valence-corrected chi connectivity index (χ1v) is 9.62. The van der Waals surface area contributed by atoms with Gasteiger partial charge in [-0.1, -0.05) is 24.3 Å². The number of nitrogens with zero attached hydrogens (tertiary/aromatic N) is 1. The number of carbonyl (C=O) groups is 1. The molecule has 0 saturated heterocycles. The van der Waals surface area contributed by atoms with E-state index >= 15 is 0 Å². The first kappa shape index (κ1) is 18.8. The highest BCUT2D eigenvalue weighted by Crippen LogP contribution is 2.38. The largest absolute Gasteiger partial charge is 0.493 e. The lowest BCUT2D eigenvalue weighted by molar-refractivity contribution is -0.137. The summed E-state index contributed by atoms with van der Waals surface area (Å²) in [6.45, 7) is 1.13. The van der Waals surface area contributed by atoms with Gasteiger partial charge in [-0.2, -0.15) is 0 Å². The van der Waals surface area contributed by atoms with Crippen LogP contribution in [0, 0.1) is 0 Å². The molecule has 6 heteroatoms. The first-order valence-electron chi connectivity index (χ1n) is 9.62. The van der Waals surface area contributed by atoms with Gasteiger partial charge in [-0.3, -0.25) is 4.79 Å². The molecule has 4 rings (SSSR count). The van der Waals surface area contributed by atoms with Crippen molar-refractivity contribution in [3.63, 3.8) is 0 Å². The number of aliphatic hydroxyl groups excluding tert-OH is 1. The molecule has 2 heterocycles. The Bertz CT molecular complexity index is 883. The summed E-state index contributed by atoms with van der Waals surface area (Å²) in [4.78, 5) is 15.1. The van der Waals surface area contributed by atoms with Crippen molar-refractivity contribution in [2.45, 2.75) is 31.5 Å². The number of fused-ring (bicyclic) bond motifs is 2. The lowest BCUT2D eigenvalue weighted by Gasteiger charge is -2.39. The number of rotatable bonds is 4. The average Bonchev–Trinajstić information content (AvgIpc) is 2.76. The molecule has 2 aliphatic heterocycles. The van der Waals surface area contributed by atoms with E-state index in [0.29, 0.717) is 31.0 Å². The van der Waals surface area contributed by atoms with Crippen LogP contribution in [0.5, 0.6) is 11.5 Å². The smallest absolute Gasteiger partial charge is 0.240 e. The zero-order valence-electron chi connectivity index (χ0n) is 16.3. The molecule has 0 bridgehead atoms. The second-order valence-corrected chi connectivity index (χ2v) is 7.29. The number of ether oxygens (including phenoxy) is 2. The molecule has 0 spiro atoms. The Morgan fingerprint density at radius 2 is 1.86 bits per heavy atom. The van der Waals surface area contributed by atoms with Crippen LogP contribution >= 0.6 is 0 Å². The third-order valence-corrected chi connectivity index (χ3v) is 5.84. The third-order valence-electron chi connectivity index (χ3n) is 5.84. The molecular formula is C22H26N2O4. The second kappa shape index (κ2) is 7.81. The SMILES string of the molecule is COc1cc2c(cc1OC)C(CO)N(C(=O)C1Cc3ccccc3CN1)CC2. The Hall–Kier alpha value is -2.57. The van der Waals surface area contributed by atoms with Gasteiger partial charge in [0.1, 0.15) is 0 Å². The van der Waals surface area contributed by atoms with E-state index in [-0.39, 0.29) is 24.6 Å². The van der Waals surface area contributed by atoms with Gasteiger partial charge in [-0.25, -0.2) is 0 Å². The Labute approximate surface area is 165 Å². The van der Waals surface area contributed by atoms with Crippen LogP contribution in [0.4, 0.5) is 0 Å². The topological polar surface area (TPSA) is 71.0 Å². The van der Waals surface area contributed by atoms with Crippen LogP contribution in [0.15, 0.2) is 36.4 Å². The highest BCUT2D eigenvalue weighted by molar-refractivity contribution is 5.83. The Morgan fingerprint density at radius 1 is 1.14 bits per heavy atom. The molecule has 2 aromatic carbocycles. The van der Waals surface area contributed by atoms with E-state index in [4.69, 9.17) is 9.47 Å². The number of hydrogen-bond donors (Lipinski definition) is 2.